The summed E-state index contributed by atoms with van der Waals surface area (Å²) in [6, 6.07) is 1.96. The summed E-state index contributed by atoms with van der Waals surface area (Å²) in [4.78, 5) is 14.0. The third-order valence-electron chi connectivity index (χ3n) is 1.83. The SMILES string of the molecule is Cc1cc2c(s1)N(C)C(=O)CO2. The lowest BCUT2D eigenvalue weighted by Gasteiger charge is -2.22. The summed E-state index contributed by atoms with van der Waals surface area (Å²) >= 11 is 1.58. The summed E-state index contributed by atoms with van der Waals surface area (Å²) in [5.41, 5.74) is 0. The number of aryl methyl sites for hydroxylation is 1. The first-order valence-corrected chi connectivity index (χ1v) is 4.50. The first kappa shape index (κ1) is 7.61. The average molecular weight is 183 g/mol. The van der Waals surface area contributed by atoms with Gasteiger partial charge in [-0.1, -0.05) is 0 Å². The van der Waals surface area contributed by atoms with Gasteiger partial charge in [0.25, 0.3) is 5.91 Å². The van der Waals surface area contributed by atoms with Crippen LogP contribution in [0.2, 0.25) is 0 Å². The van der Waals surface area contributed by atoms with Crippen LogP contribution < -0.4 is 9.64 Å². The zero-order valence-electron chi connectivity index (χ0n) is 6.96. The predicted molar refractivity (Wildman–Crippen MR) is 48.0 cm³/mol. The zero-order valence-corrected chi connectivity index (χ0v) is 7.77. The molecule has 1 aliphatic rings. The van der Waals surface area contributed by atoms with E-state index in [1.807, 2.05) is 13.0 Å². The number of carbonyl (C=O) groups excluding carboxylic acids is 1. The molecule has 3 nitrogen and oxygen atoms in total. The number of nitrogens with zero attached hydrogens (tertiary/aromatic N) is 1. The fourth-order valence-electron chi connectivity index (χ4n) is 1.17. The summed E-state index contributed by atoms with van der Waals surface area (Å²) in [6.07, 6.45) is 0. The molecule has 64 valence electrons. The van der Waals surface area contributed by atoms with E-state index in [0.717, 1.165) is 10.8 Å². The molecule has 12 heavy (non-hydrogen) atoms. The summed E-state index contributed by atoms with van der Waals surface area (Å²) in [5.74, 6) is 0.851. The molecule has 2 heterocycles. The van der Waals surface area contributed by atoms with Crippen LogP contribution in [-0.4, -0.2) is 19.6 Å². The number of likely N-dealkylation sites (N-methyl/N-ethyl adjacent to an activating group) is 1. The van der Waals surface area contributed by atoms with Crippen molar-refractivity contribution in [1.82, 2.24) is 0 Å². The van der Waals surface area contributed by atoms with Crippen molar-refractivity contribution < 1.29 is 9.53 Å². The molecule has 0 N–H and O–H groups in total. The third kappa shape index (κ3) is 0.992. The quantitative estimate of drug-likeness (QED) is 0.608. The molecule has 2 rings (SSSR count). The van der Waals surface area contributed by atoms with Gasteiger partial charge in [0.2, 0.25) is 0 Å². The highest BCUT2D eigenvalue weighted by Crippen LogP contribution is 2.39. The number of hydrogen-bond donors (Lipinski definition) is 0. The Balaban J connectivity index is 2.48. The largest absolute Gasteiger partial charge is 0.481 e. The Morgan fingerprint density at radius 2 is 2.42 bits per heavy atom. The minimum absolute atomic E-state index is 0.0179. The maximum Gasteiger partial charge on any atom is 0.265 e. The summed E-state index contributed by atoms with van der Waals surface area (Å²) in [6.45, 7) is 2.17. The third-order valence-corrected chi connectivity index (χ3v) is 2.94. The highest BCUT2D eigenvalue weighted by atomic mass is 32.1. The van der Waals surface area contributed by atoms with Crippen LogP contribution in [0.1, 0.15) is 4.88 Å². The molecule has 1 amide bonds. The Hall–Kier alpha value is -1.03. The van der Waals surface area contributed by atoms with Gasteiger partial charge in [-0.2, -0.15) is 0 Å². The molecule has 0 atom stereocenters. The second-order valence-corrected chi connectivity index (χ2v) is 4.00. The maximum atomic E-state index is 11.2. The van der Waals surface area contributed by atoms with Crippen molar-refractivity contribution in [2.45, 2.75) is 6.92 Å². The van der Waals surface area contributed by atoms with E-state index < -0.39 is 0 Å². The van der Waals surface area contributed by atoms with E-state index in [9.17, 15) is 4.79 Å². The Bertz CT molecular complexity index is 332. The van der Waals surface area contributed by atoms with Crippen molar-refractivity contribution in [2.75, 3.05) is 18.6 Å². The highest BCUT2D eigenvalue weighted by molar-refractivity contribution is 7.16. The second kappa shape index (κ2) is 2.48. The zero-order chi connectivity index (χ0) is 8.72. The first-order chi connectivity index (χ1) is 5.68. The number of fused-ring (bicyclic) bond motifs is 1. The Morgan fingerprint density at radius 3 is 3.17 bits per heavy atom. The van der Waals surface area contributed by atoms with Crippen LogP contribution in [-0.2, 0) is 4.79 Å². The molecule has 1 aliphatic heterocycles. The molecule has 0 saturated heterocycles. The molecule has 4 heteroatoms. The lowest BCUT2D eigenvalue weighted by Crippen LogP contribution is -2.34. The molecule has 0 unspecified atom stereocenters. The number of anilines is 1. The van der Waals surface area contributed by atoms with Gasteiger partial charge in [0.1, 0.15) is 5.00 Å². The fourth-order valence-corrected chi connectivity index (χ4v) is 2.09. The van der Waals surface area contributed by atoms with Crippen LogP contribution in [0.25, 0.3) is 0 Å². The minimum atomic E-state index is 0.0179. The Morgan fingerprint density at radius 1 is 1.67 bits per heavy atom. The van der Waals surface area contributed by atoms with Crippen molar-refractivity contribution in [3.63, 3.8) is 0 Å². The van der Waals surface area contributed by atoms with Crippen molar-refractivity contribution in [3.8, 4) is 5.75 Å². The van der Waals surface area contributed by atoms with Gasteiger partial charge in [-0.25, -0.2) is 0 Å². The van der Waals surface area contributed by atoms with Crippen molar-refractivity contribution in [2.24, 2.45) is 0 Å². The van der Waals surface area contributed by atoms with Gasteiger partial charge in [0.15, 0.2) is 12.4 Å². The summed E-state index contributed by atoms with van der Waals surface area (Å²) in [7, 11) is 1.78. The standard InChI is InChI=1S/C8H9NO2S/c1-5-3-6-8(12-5)9(2)7(10)4-11-6/h3H,4H2,1-2H3. The van der Waals surface area contributed by atoms with E-state index in [1.54, 1.807) is 23.3 Å². The molecule has 0 saturated carbocycles. The van der Waals surface area contributed by atoms with E-state index in [4.69, 9.17) is 4.74 Å². The van der Waals surface area contributed by atoms with E-state index in [2.05, 4.69) is 0 Å². The first-order valence-electron chi connectivity index (χ1n) is 3.68. The van der Waals surface area contributed by atoms with Crippen molar-refractivity contribution in [1.29, 1.82) is 0 Å². The summed E-state index contributed by atoms with van der Waals surface area (Å²) in [5, 5.41) is 0.920. The minimum Gasteiger partial charge on any atom is -0.481 e. The Kier molecular flexibility index (Phi) is 1.58. The molecule has 0 bridgehead atoms. The number of hydrogen-bond acceptors (Lipinski definition) is 3. The average Bonchev–Trinajstić information content (AvgIpc) is 2.39. The second-order valence-electron chi connectivity index (χ2n) is 2.77. The highest BCUT2D eigenvalue weighted by Gasteiger charge is 2.23. The van der Waals surface area contributed by atoms with Gasteiger partial charge in [0.05, 0.1) is 0 Å². The number of amides is 1. The van der Waals surface area contributed by atoms with Crippen molar-refractivity contribution >= 4 is 22.2 Å². The summed E-state index contributed by atoms with van der Waals surface area (Å²) < 4.78 is 5.25. The van der Waals surface area contributed by atoms with E-state index >= 15 is 0 Å². The monoisotopic (exact) mass is 183 g/mol. The Labute approximate surface area is 74.6 Å². The van der Waals surface area contributed by atoms with E-state index in [-0.39, 0.29) is 12.5 Å². The lowest BCUT2D eigenvalue weighted by molar-refractivity contribution is -0.120. The van der Waals surface area contributed by atoms with Crippen LogP contribution >= 0.6 is 11.3 Å². The van der Waals surface area contributed by atoms with Gasteiger partial charge < -0.3 is 9.64 Å². The van der Waals surface area contributed by atoms with Crippen molar-refractivity contribution in [3.05, 3.63) is 10.9 Å². The molecule has 1 aromatic heterocycles. The predicted octanol–water partition coefficient (Wildman–Crippen LogP) is 1.41. The van der Waals surface area contributed by atoms with Crippen LogP contribution in [0.5, 0.6) is 5.75 Å². The molecule has 0 aliphatic carbocycles. The van der Waals surface area contributed by atoms with Gasteiger partial charge in [-0.15, -0.1) is 11.3 Å². The molecular formula is C8H9NO2S. The fraction of sp³-hybridized carbons (Fsp3) is 0.375. The van der Waals surface area contributed by atoms with Gasteiger partial charge in [-0.3, -0.25) is 4.79 Å². The topological polar surface area (TPSA) is 29.5 Å². The number of carbonyl (C=O) groups is 1. The molecule has 0 spiro atoms. The molecule has 0 fully saturated rings. The van der Waals surface area contributed by atoms with Crippen LogP contribution in [0.3, 0.4) is 0 Å². The lowest BCUT2D eigenvalue weighted by atomic mass is 10.4. The number of rotatable bonds is 0. The van der Waals surface area contributed by atoms with Gasteiger partial charge in [0, 0.05) is 11.9 Å². The van der Waals surface area contributed by atoms with E-state index in [0.29, 0.717) is 0 Å². The smallest absolute Gasteiger partial charge is 0.265 e. The molecule has 1 aromatic rings. The maximum absolute atomic E-state index is 11.2. The van der Waals surface area contributed by atoms with Crippen LogP contribution in [0.4, 0.5) is 5.00 Å². The van der Waals surface area contributed by atoms with Gasteiger partial charge >= 0.3 is 0 Å². The number of thiophene rings is 1. The van der Waals surface area contributed by atoms with Crippen LogP contribution in [0.15, 0.2) is 6.07 Å². The van der Waals surface area contributed by atoms with Gasteiger partial charge in [-0.05, 0) is 13.0 Å². The molecule has 0 radical (unpaired) electrons. The molecule has 0 aromatic carbocycles. The molecular weight excluding hydrogens is 174 g/mol. The van der Waals surface area contributed by atoms with Crippen LogP contribution in [0, 0.1) is 6.92 Å². The number of ether oxygens (including phenoxy) is 1. The van der Waals surface area contributed by atoms with E-state index in [1.165, 1.54) is 4.88 Å². The normalized spacial score (nSPS) is 15.8.